The molecule has 138 valence electrons. The predicted molar refractivity (Wildman–Crippen MR) is 92.4 cm³/mol. The lowest BCUT2D eigenvalue weighted by Crippen LogP contribution is -2.50. The van der Waals surface area contributed by atoms with Crippen LogP contribution >= 0.6 is 0 Å². The Balaban J connectivity index is 1.76. The number of benzene rings is 1. The molecule has 1 saturated heterocycles. The third kappa shape index (κ3) is 6.70. The monoisotopic (exact) mass is 351 g/mol. The van der Waals surface area contributed by atoms with Gasteiger partial charge in [-0.2, -0.15) is 0 Å². The van der Waals surface area contributed by atoms with Gasteiger partial charge in [0.15, 0.2) is 0 Å². The molecule has 0 aliphatic carbocycles. The second-order valence-electron chi connectivity index (χ2n) is 6.27. The fourth-order valence-electron chi connectivity index (χ4n) is 2.66. The SMILES string of the molecule is CCC[C@H](NC(=O)NCc1ccc(F)cc1)C(=O)NC[C@H]1CCOC1. The van der Waals surface area contributed by atoms with Gasteiger partial charge in [-0.3, -0.25) is 4.79 Å². The lowest BCUT2D eigenvalue weighted by molar-refractivity contribution is -0.123. The van der Waals surface area contributed by atoms with Crippen molar-refractivity contribution in [1.82, 2.24) is 16.0 Å². The molecule has 0 radical (unpaired) electrons. The Morgan fingerprint density at radius 3 is 2.68 bits per heavy atom. The van der Waals surface area contributed by atoms with Crippen molar-refractivity contribution in [2.24, 2.45) is 5.92 Å². The fraction of sp³-hybridized carbons (Fsp3) is 0.556. The van der Waals surface area contributed by atoms with Crippen LogP contribution in [0.3, 0.4) is 0 Å². The first-order valence-corrected chi connectivity index (χ1v) is 8.72. The Bertz CT molecular complexity index is 559. The number of urea groups is 1. The van der Waals surface area contributed by atoms with Gasteiger partial charge in [-0.05, 0) is 30.5 Å². The molecule has 7 heteroatoms. The summed E-state index contributed by atoms with van der Waals surface area (Å²) >= 11 is 0. The van der Waals surface area contributed by atoms with Crippen molar-refractivity contribution in [1.29, 1.82) is 0 Å². The van der Waals surface area contributed by atoms with Crippen molar-refractivity contribution < 1.29 is 18.7 Å². The van der Waals surface area contributed by atoms with Gasteiger partial charge in [0, 0.05) is 25.6 Å². The topological polar surface area (TPSA) is 79.5 Å². The van der Waals surface area contributed by atoms with E-state index in [1.807, 2.05) is 6.92 Å². The molecule has 2 rings (SSSR count). The second kappa shape index (κ2) is 9.98. The van der Waals surface area contributed by atoms with Crippen molar-refractivity contribution in [3.8, 4) is 0 Å². The maximum atomic E-state index is 12.9. The average Bonchev–Trinajstić information content (AvgIpc) is 3.12. The summed E-state index contributed by atoms with van der Waals surface area (Å²) in [5.41, 5.74) is 0.786. The first-order valence-electron chi connectivity index (χ1n) is 8.72. The average molecular weight is 351 g/mol. The minimum atomic E-state index is -0.569. The lowest BCUT2D eigenvalue weighted by atomic mass is 10.1. The highest BCUT2D eigenvalue weighted by atomic mass is 19.1. The summed E-state index contributed by atoms with van der Waals surface area (Å²) in [6, 6.07) is 4.91. The molecule has 25 heavy (non-hydrogen) atoms. The summed E-state index contributed by atoms with van der Waals surface area (Å²) in [5, 5.41) is 8.29. The van der Waals surface area contributed by atoms with E-state index < -0.39 is 12.1 Å². The van der Waals surface area contributed by atoms with Crippen molar-refractivity contribution in [2.45, 2.75) is 38.8 Å². The molecule has 1 aliphatic rings. The molecular formula is C18H26FN3O3. The first kappa shape index (κ1) is 19.2. The zero-order chi connectivity index (χ0) is 18.1. The van der Waals surface area contributed by atoms with E-state index in [2.05, 4.69) is 16.0 Å². The van der Waals surface area contributed by atoms with Crippen LogP contribution in [0.1, 0.15) is 31.7 Å². The quantitative estimate of drug-likeness (QED) is 0.670. The van der Waals surface area contributed by atoms with Crippen LogP contribution in [0.15, 0.2) is 24.3 Å². The van der Waals surface area contributed by atoms with Crippen LogP contribution in [-0.4, -0.2) is 37.7 Å². The van der Waals surface area contributed by atoms with Gasteiger partial charge >= 0.3 is 6.03 Å². The molecule has 0 unspecified atom stereocenters. The van der Waals surface area contributed by atoms with Gasteiger partial charge in [-0.15, -0.1) is 0 Å². The molecule has 0 bridgehead atoms. The highest BCUT2D eigenvalue weighted by Gasteiger charge is 2.22. The van der Waals surface area contributed by atoms with Crippen LogP contribution < -0.4 is 16.0 Å². The van der Waals surface area contributed by atoms with E-state index in [0.717, 1.165) is 25.0 Å². The molecule has 6 nitrogen and oxygen atoms in total. The first-order chi connectivity index (χ1) is 12.1. The van der Waals surface area contributed by atoms with E-state index in [1.165, 1.54) is 12.1 Å². The fourth-order valence-corrected chi connectivity index (χ4v) is 2.66. The highest BCUT2D eigenvalue weighted by molar-refractivity contribution is 5.86. The third-order valence-corrected chi connectivity index (χ3v) is 4.15. The van der Waals surface area contributed by atoms with Crippen molar-refractivity contribution in [2.75, 3.05) is 19.8 Å². The molecule has 2 atom stereocenters. The molecule has 0 aromatic heterocycles. The van der Waals surface area contributed by atoms with Crippen LogP contribution in [0.25, 0.3) is 0 Å². The summed E-state index contributed by atoms with van der Waals surface area (Å²) in [6.07, 6.45) is 2.30. The van der Waals surface area contributed by atoms with Crippen LogP contribution in [0.5, 0.6) is 0 Å². The zero-order valence-corrected chi connectivity index (χ0v) is 14.5. The van der Waals surface area contributed by atoms with E-state index in [1.54, 1.807) is 12.1 Å². The predicted octanol–water partition coefficient (Wildman–Crippen LogP) is 1.95. The van der Waals surface area contributed by atoms with Crippen LogP contribution in [0, 0.1) is 11.7 Å². The van der Waals surface area contributed by atoms with E-state index >= 15 is 0 Å². The van der Waals surface area contributed by atoms with Gasteiger partial charge in [0.05, 0.1) is 6.61 Å². The molecule has 1 fully saturated rings. The molecular weight excluding hydrogens is 325 g/mol. The second-order valence-corrected chi connectivity index (χ2v) is 6.27. The normalized spacial score (nSPS) is 17.8. The maximum absolute atomic E-state index is 12.9. The van der Waals surface area contributed by atoms with Crippen molar-refractivity contribution >= 4 is 11.9 Å². The summed E-state index contributed by atoms with van der Waals surface area (Å²) in [5.74, 6) is -0.148. The van der Waals surface area contributed by atoms with E-state index in [-0.39, 0.29) is 18.3 Å². The number of halogens is 1. The largest absolute Gasteiger partial charge is 0.381 e. The Morgan fingerprint density at radius 2 is 2.04 bits per heavy atom. The molecule has 3 amide bonds. The van der Waals surface area contributed by atoms with Gasteiger partial charge in [-0.25, -0.2) is 9.18 Å². The Labute approximate surface area is 147 Å². The zero-order valence-electron chi connectivity index (χ0n) is 14.5. The van der Waals surface area contributed by atoms with Gasteiger partial charge in [0.1, 0.15) is 11.9 Å². The standard InChI is InChI=1S/C18H26FN3O3/c1-2-3-16(17(23)20-11-14-8-9-25-12-14)22-18(24)21-10-13-4-6-15(19)7-5-13/h4-7,14,16H,2-3,8-12H2,1H3,(H,20,23)(H2,21,22,24)/t14-,16+/m1/s1. The molecule has 0 spiro atoms. The van der Waals surface area contributed by atoms with Crippen molar-refractivity contribution in [3.05, 3.63) is 35.6 Å². The minimum Gasteiger partial charge on any atom is -0.381 e. The van der Waals surface area contributed by atoms with Crippen LogP contribution in [0.2, 0.25) is 0 Å². The number of carbonyl (C=O) groups is 2. The van der Waals surface area contributed by atoms with Gasteiger partial charge in [0.25, 0.3) is 0 Å². The molecule has 3 N–H and O–H groups in total. The van der Waals surface area contributed by atoms with Gasteiger partial charge < -0.3 is 20.7 Å². The Hall–Kier alpha value is -2.15. The molecule has 0 saturated carbocycles. The number of rotatable bonds is 8. The minimum absolute atomic E-state index is 0.175. The molecule has 1 heterocycles. The Kier molecular flexibility index (Phi) is 7.66. The third-order valence-electron chi connectivity index (χ3n) is 4.15. The maximum Gasteiger partial charge on any atom is 0.315 e. The lowest BCUT2D eigenvalue weighted by Gasteiger charge is -2.19. The van der Waals surface area contributed by atoms with Gasteiger partial charge in [-0.1, -0.05) is 25.5 Å². The summed E-state index contributed by atoms with van der Waals surface area (Å²) in [7, 11) is 0. The number of amides is 3. The number of hydrogen-bond acceptors (Lipinski definition) is 3. The number of nitrogens with one attached hydrogen (secondary N) is 3. The van der Waals surface area contributed by atoms with Crippen LogP contribution in [0.4, 0.5) is 9.18 Å². The number of ether oxygens (including phenoxy) is 1. The summed E-state index contributed by atoms with van der Waals surface area (Å²) < 4.78 is 18.2. The van der Waals surface area contributed by atoms with Gasteiger partial charge in [0.2, 0.25) is 5.91 Å². The van der Waals surface area contributed by atoms with E-state index in [0.29, 0.717) is 25.5 Å². The van der Waals surface area contributed by atoms with Crippen LogP contribution in [-0.2, 0) is 16.1 Å². The molecule has 1 aromatic rings. The smallest absolute Gasteiger partial charge is 0.315 e. The highest BCUT2D eigenvalue weighted by Crippen LogP contribution is 2.10. The van der Waals surface area contributed by atoms with E-state index in [9.17, 15) is 14.0 Å². The number of hydrogen-bond donors (Lipinski definition) is 3. The molecule has 1 aromatic carbocycles. The number of carbonyl (C=O) groups excluding carboxylic acids is 2. The molecule has 1 aliphatic heterocycles. The van der Waals surface area contributed by atoms with Crippen molar-refractivity contribution in [3.63, 3.8) is 0 Å². The summed E-state index contributed by atoms with van der Waals surface area (Å²) in [6.45, 7) is 4.21. The Morgan fingerprint density at radius 1 is 1.28 bits per heavy atom. The summed E-state index contributed by atoms with van der Waals surface area (Å²) in [4.78, 5) is 24.3. The van der Waals surface area contributed by atoms with E-state index in [4.69, 9.17) is 4.74 Å².